The maximum Gasteiger partial charge on any atom is 0.259 e. The van der Waals surface area contributed by atoms with Gasteiger partial charge in [0.1, 0.15) is 17.2 Å². The highest BCUT2D eigenvalue weighted by molar-refractivity contribution is 5.98. The van der Waals surface area contributed by atoms with Crippen molar-refractivity contribution in [3.05, 3.63) is 41.8 Å². The lowest BCUT2D eigenvalue weighted by Gasteiger charge is -2.24. The van der Waals surface area contributed by atoms with Crippen LogP contribution in [0.1, 0.15) is 36.0 Å². The van der Waals surface area contributed by atoms with Crippen molar-refractivity contribution < 1.29 is 9.18 Å². The van der Waals surface area contributed by atoms with Gasteiger partial charge in [0.2, 0.25) is 0 Å². The molecule has 1 amide bonds. The smallest absolute Gasteiger partial charge is 0.259 e. The van der Waals surface area contributed by atoms with Crippen molar-refractivity contribution in [3.63, 3.8) is 0 Å². The number of hydrogen-bond donors (Lipinski definition) is 1. The fourth-order valence-corrected chi connectivity index (χ4v) is 2.96. The van der Waals surface area contributed by atoms with Crippen LogP contribution in [0.2, 0.25) is 0 Å². The van der Waals surface area contributed by atoms with Crippen LogP contribution in [0.3, 0.4) is 0 Å². The van der Waals surface area contributed by atoms with Crippen LogP contribution < -0.4 is 5.73 Å². The maximum absolute atomic E-state index is 13.0. The summed E-state index contributed by atoms with van der Waals surface area (Å²) in [6, 6.07) is 6.10. The number of halogens is 1. The summed E-state index contributed by atoms with van der Waals surface area (Å²) in [7, 11) is 1.81. The van der Waals surface area contributed by atoms with Crippen LogP contribution in [0.4, 0.5) is 10.2 Å². The molecule has 0 bridgehead atoms. The molecule has 116 valence electrons. The zero-order valence-corrected chi connectivity index (χ0v) is 12.5. The number of carbonyl (C=O) groups excluding carboxylic acids is 1. The molecular formula is C16H19FN4O. The second-order valence-corrected chi connectivity index (χ2v) is 5.69. The molecule has 0 spiro atoms. The van der Waals surface area contributed by atoms with Crippen LogP contribution in [-0.2, 0) is 0 Å². The Bertz CT molecular complexity index is 674. The van der Waals surface area contributed by atoms with E-state index in [4.69, 9.17) is 5.73 Å². The van der Waals surface area contributed by atoms with Crippen LogP contribution >= 0.6 is 0 Å². The zero-order valence-electron chi connectivity index (χ0n) is 12.5. The molecule has 3 rings (SSSR count). The minimum Gasteiger partial charge on any atom is -0.383 e. The number of carbonyl (C=O) groups is 1. The highest BCUT2D eigenvalue weighted by Crippen LogP contribution is 2.25. The summed E-state index contributed by atoms with van der Waals surface area (Å²) < 4.78 is 14.4. The molecular weight excluding hydrogens is 283 g/mol. The number of nitrogens with two attached hydrogens (primary N) is 1. The van der Waals surface area contributed by atoms with Gasteiger partial charge in [-0.3, -0.25) is 4.79 Å². The van der Waals surface area contributed by atoms with Gasteiger partial charge >= 0.3 is 0 Å². The Balaban J connectivity index is 1.86. The van der Waals surface area contributed by atoms with E-state index >= 15 is 0 Å². The number of nitrogen functional groups attached to an aromatic ring is 1. The van der Waals surface area contributed by atoms with E-state index in [1.54, 1.807) is 17.0 Å². The lowest BCUT2D eigenvalue weighted by molar-refractivity contribution is 0.0736. The van der Waals surface area contributed by atoms with Crippen molar-refractivity contribution in [1.29, 1.82) is 0 Å². The third kappa shape index (κ3) is 2.56. The van der Waals surface area contributed by atoms with E-state index in [2.05, 4.69) is 5.10 Å². The minimum absolute atomic E-state index is 0.113. The van der Waals surface area contributed by atoms with Gasteiger partial charge in [-0.1, -0.05) is 12.8 Å². The van der Waals surface area contributed by atoms with Crippen molar-refractivity contribution in [2.24, 2.45) is 0 Å². The highest BCUT2D eigenvalue weighted by Gasteiger charge is 2.27. The lowest BCUT2D eigenvalue weighted by atomic mass is 10.2. The first-order chi connectivity index (χ1) is 10.6. The molecule has 6 heteroatoms. The van der Waals surface area contributed by atoms with Crippen molar-refractivity contribution in [3.8, 4) is 5.69 Å². The summed E-state index contributed by atoms with van der Waals surface area (Å²) >= 11 is 0. The SMILES string of the molecule is CN(C(=O)c1cnn(-c2ccc(F)cc2)c1N)C1CCCC1. The molecule has 0 atom stereocenters. The van der Waals surface area contributed by atoms with Gasteiger partial charge in [-0.15, -0.1) is 0 Å². The van der Waals surface area contributed by atoms with Crippen molar-refractivity contribution in [2.45, 2.75) is 31.7 Å². The van der Waals surface area contributed by atoms with Crippen LogP contribution in [0.15, 0.2) is 30.5 Å². The van der Waals surface area contributed by atoms with Gasteiger partial charge in [0.15, 0.2) is 0 Å². The molecule has 2 aromatic rings. The predicted octanol–water partition coefficient (Wildman–Crippen LogP) is 2.61. The molecule has 1 fully saturated rings. The number of anilines is 1. The van der Waals surface area contributed by atoms with Crippen molar-refractivity contribution >= 4 is 11.7 Å². The normalized spacial score (nSPS) is 15.2. The summed E-state index contributed by atoms with van der Waals surface area (Å²) in [6.45, 7) is 0. The molecule has 1 heterocycles. The van der Waals surface area contributed by atoms with Crippen LogP contribution in [0, 0.1) is 5.82 Å². The fraction of sp³-hybridized carbons (Fsp3) is 0.375. The maximum atomic E-state index is 13.0. The predicted molar refractivity (Wildman–Crippen MR) is 82.3 cm³/mol. The van der Waals surface area contributed by atoms with Gasteiger partial charge in [0, 0.05) is 13.1 Å². The average molecular weight is 302 g/mol. The Morgan fingerprint density at radius 2 is 1.95 bits per heavy atom. The molecule has 0 radical (unpaired) electrons. The second-order valence-electron chi connectivity index (χ2n) is 5.69. The van der Waals surface area contributed by atoms with E-state index < -0.39 is 0 Å². The molecule has 1 aromatic heterocycles. The summed E-state index contributed by atoms with van der Waals surface area (Å²) in [5.74, 6) is -0.161. The van der Waals surface area contributed by atoms with E-state index in [0.29, 0.717) is 11.3 Å². The molecule has 0 aliphatic heterocycles. The van der Waals surface area contributed by atoms with E-state index in [-0.39, 0.29) is 23.6 Å². The van der Waals surface area contributed by atoms with Crippen LogP contribution in [0.25, 0.3) is 5.69 Å². The van der Waals surface area contributed by atoms with Gasteiger partial charge in [0.05, 0.1) is 11.9 Å². The molecule has 2 N–H and O–H groups in total. The molecule has 0 unspecified atom stereocenters. The third-order valence-electron chi connectivity index (χ3n) is 4.30. The summed E-state index contributed by atoms with van der Waals surface area (Å²) in [6.07, 6.45) is 5.87. The standard InChI is InChI=1S/C16H19FN4O/c1-20(12-4-2-3-5-12)16(22)14-10-19-21(15(14)18)13-8-6-11(17)7-9-13/h6-10,12H,2-5,18H2,1H3. The largest absolute Gasteiger partial charge is 0.383 e. The first kappa shape index (κ1) is 14.6. The quantitative estimate of drug-likeness (QED) is 0.948. The van der Waals surface area contributed by atoms with Gasteiger partial charge in [-0.2, -0.15) is 5.10 Å². The fourth-order valence-electron chi connectivity index (χ4n) is 2.96. The number of hydrogen-bond acceptors (Lipinski definition) is 3. The van der Waals surface area contributed by atoms with Crippen molar-refractivity contribution in [2.75, 3.05) is 12.8 Å². The molecule has 1 aliphatic rings. The summed E-state index contributed by atoms with van der Waals surface area (Å²) in [4.78, 5) is 14.3. The van der Waals surface area contributed by atoms with E-state index in [1.165, 1.54) is 23.0 Å². The topological polar surface area (TPSA) is 64.2 Å². The number of benzene rings is 1. The van der Waals surface area contributed by atoms with Gasteiger partial charge in [-0.05, 0) is 37.1 Å². The monoisotopic (exact) mass is 302 g/mol. The first-order valence-electron chi connectivity index (χ1n) is 7.44. The second kappa shape index (κ2) is 5.79. The Morgan fingerprint density at radius 3 is 2.59 bits per heavy atom. The average Bonchev–Trinajstić information content (AvgIpc) is 3.16. The van der Waals surface area contributed by atoms with Gasteiger partial charge in [-0.25, -0.2) is 9.07 Å². The summed E-state index contributed by atoms with van der Waals surface area (Å²) in [5.41, 5.74) is 7.08. The number of aromatic nitrogens is 2. The molecule has 0 saturated heterocycles. The molecule has 1 aromatic carbocycles. The van der Waals surface area contributed by atoms with Gasteiger partial charge < -0.3 is 10.6 Å². The van der Waals surface area contributed by atoms with Crippen LogP contribution in [-0.4, -0.2) is 33.7 Å². The third-order valence-corrected chi connectivity index (χ3v) is 4.30. The number of amides is 1. The number of rotatable bonds is 3. The Morgan fingerprint density at radius 1 is 1.32 bits per heavy atom. The Hall–Kier alpha value is -2.37. The van der Waals surface area contributed by atoms with E-state index in [1.807, 2.05) is 7.05 Å². The minimum atomic E-state index is -0.327. The van der Waals surface area contributed by atoms with E-state index in [9.17, 15) is 9.18 Å². The molecule has 5 nitrogen and oxygen atoms in total. The van der Waals surface area contributed by atoms with Crippen LogP contribution in [0.5, 0.6) is 0 Å². The van der Waals surface area contributed by atoms with Crippen molar-refractivity contribution in [1.82, 2.24) is 14.7 Å². The molecule has 22 heavy (non-hydrogen) atoms. The molecule has 1 aliphatic carbocycles. The number of nitrogens with zero attached hydrogens (tertiary/aromatic N) is 3. The van der Waals surface area contributed by atoms with E-state index in [0.717, 1.165) is 25.7 Å². The zero-order chi connectivity index (χ0) is 15.7. The molecule has 1 saturated carbocycles. The van der Waals surface area contributed by atoms with Gasteiger partial charge in [0.25, 0.3) is 5.91 Å². The highest BCUT2D eigenvalue weighted by atomic mass is 19.1. The lowest BCUT2D eigenvalue weighted by Crippen LogP contribution is -2.35. The summed E-state index contributed by atoms with van der Waals surface area (Å²) in [5, 5.41) is 4.17. The Kier molecular flexibility index (Phi) is 3.83. The Labute approximate surface area is 128 Å². The first-order valence-corrected chi connectivity index (χ1v) is 7.44.